The molecule has 0 aliphatic carbocycles. The van der Waals surface area contributed by atoms with Crippen molar-refractivity contribution in [3.8, 4) is 10.6 Å². The lowest BCUT2D eigenvalue weighted by molar-refractivity contribution is -0.129. The van der Waals surface area contributed by atoms with Gasteiger partial charge in [0.1, 0.15) is 5.69 Å². The number of nitrogens with zero attached hydrogens (tertiary/aromatic N) is 2. The number of carbonyl (C=O) groups excluding carboxylic acids is 1. The molecule has 0 saturated carbocycles. The van der Waals surface area contributed by atoms with Crippen molar-refractivity contribution < 1.29 is 4.79 Å². The van der Waals surface area contributed by atoms with Gasteiger partial charge >= 0.3 is 0 Å². The summed E-state index contributed by atoms with van der Waals surface area (Å²) in [5.74, 6) is 0.133. The normalized spacial score (nSPS) is 14.8. The van der Waals surface area contributed by atoms with Crippen LogP contribution in [0, 0.1) is 0 Å². The van der Waals surface area contributed by atoms with Crippen LogP contribution in [0.1, 0.15) is 18.2 Å². The Morgan fingerprint density at radius 3 is 3.18 bits per heavy atom. The number of hydrogen-bond acceptors (Lipinski definition) is 3. The number of thiophene rings is 1. The smallest absolute Gasteiger partial charge is 0.219 e. The largest absolute Gasteiger partial charge is 0.338 e. The number of carbonyl (C=O) groups is 1. The summed E-state index contributed by atoms with van der Waals surface area (Å²) in [7, 11) is 0. The SMILES string of the molecule is CC(=O)N1CCc2[nH]nc(-c3cccs3)c2C1. The van der Waals surface area contributed by atoms with Gasteiger partial charge < -0.3 is 4.90 Å². The van der Waals surface area contributed by atoms with Crippen LogP contribution in [-0.2, 0) is 17.8 Å². The number of amides is 1. The van der Waals surface area contributed by atoms with E-state index >= 15 is 0 Å². The fraction of sp³-hybridized carbons (Fsp3) is 0.333. The first-order valence-corrected chi connectivity index (χ1v) is 6.49. The van der Waals surface area contributed by atoms with Crippen LogP contribution < -0.4 is 0 Å². The molecule has 3 heterocycles. The lowest BCUT2D eigenvalue weighted by Gasteiger charge is -2.25. The zero-order valence-electron chi connectivity index (χ0n) is 9.56. The maximum atomic E-state index is 11.4. The second-order valence-electron chi connectivity index (χ2n) is 4.20. The number of fused-ring (bicyclic) bond motifs is 1. The van der Waals surface area contributed by atoms with Crippen molar-refractivity contribution in [2.24, 2.45) is 0 Å². The molecule has 3 rings (SSSR count). The minimum absolute atomic E-state index is 0.133. The van der Waals surface area contributed by atoms with Crippen molar-refractivity contribution in [3.63, 3.8) is 0 Å². The quantitative estimate of drug-likeness (QED) is 0.838. The molecule has 17 heavy (non-hydrogen) atoms. The van der Waals surface area contributed by atoms with Crippen molar-refractivity contribution in [3.05, 3.63) is 28.8 Å². The number of aromatic nitrogens is 2. The minimum Gasteiger partial charge on any atom is -0.338 e. The summed E-state index contributed by atoms with van der Waals surface area (Å²) in [5, 5.41) is 9.52. The van der Waals surface area contributed by atoms with Crippen molar-refractivity contribution >= 4 is 17.2 Å². The third-order valence-corrected chi connectivity index (χ3v) is 4.01. The van der Waals surface area contributed by atoms with E-state index in [1.54, 1.807) is 18.3 Å². The average Bonchev–Trinajstić information content (AvgIpc) is 2.96. The molecular formula is C12H13N3OS. The van der Waals surface area contributed by atoms with Gasteiger partial charge in [0.05, 0.1) is 4.88 Å². The summed E-state index contributed by atoms with van der Waals surface area (Å²) in [5.41, 5.74) is 3.35. The van der Waals surface area contributed by atoms with E-state index in [1.807, 2.05) is 16.3 Å². The monoisotopic (exact) mass is 247 g/mol. The van der Waals surface area contributed by atoms with E-state index in [0.29, 0.717) is 6.54 Å². The Morgan fingerprint density at radius 2 is 2.47 bits per heavy atom. The predicted molar refractivity (Wildman–Crippen MR) is 66.7 cm³/mol. The molecule has 0 radical (unpaired) electrons. The molecule has 0 unspecified atom stereocenters. The van der Waals surface area contributed by atoms with Crippen LogP contribution >= 0.6 is 11.3 Å². The Balaban J connectivity index is 2.00. The summed E-state index contributed by atoms with van der Waals surface area (Å²) in [4.78, 5) is 14.5. The van der Waals surface area contributed by atoms with Crippen LogP contribution in [0.5, 0.6) is 0 Å². The summed E-state index contributed by atoms with van der Waals surface area (Å²) >= 11 is 1.68. The highest BCUT2D eigenvalue weighted by atomic mass is 32.1. The first-order valence-electron chi connectivity index (χ1n) is 5.61. The fourth-order valence-corrected chi connectivity index (χ4v) is 2.92. The van der Waals surface area contributed by atoms with Gasteiger partial charge in [0, 0.05) is 37.7 Å². The molecular weight excluding hydrogens is 234 g/mol. The Kier molecular flexibility index (Phi) is 2.48. The highest BCUT2D eigenvalue weighted by Crippen LogP contribution is 2.30. The first-order chi connectivity index (χ1) is 8.25. The topological polar surface area (TPSA) is 49.0 Å². The summed E-state index contributed by atoms with van der Waals surface area (Å²) in [6, 6.07) is 4.08. The van der Waals surface area contributed by atoms with E-state index in [0.717, 1.165) is 23.5 Å². The van der Waals surface area contributed by atoms with Crippen molar-refractivity contribution in [2.75, 3.05) is 6.54 Å². The van der Waals surface area contributed by atoms with Crippen LogP contribution in [0.25, 0.3) is 10.6 Å². The minimum atomic E-state index is 0.133. The van der Waals surface area contributed by atoms with E-state index in [4.69, 9.17) is 0 Å². The van der Waals surface area contributed by atoms with Crippen LogP contribution in [0.15, 0.2) is 17.5 Å². The zero-order valence-corrected chi connectivity index (χ0v) is 10.4. The Labute approximate surface area is 103 Å². The Bertz CT molecular complexity index is 544. The summed E-state index contributed by atoms with van der Waals surface area (Å²) in [6.45, 7) is 3.08. The molecule has 0 atom stereocenters. The molecule has 88 valence electrons. The van der Waals surface area contributed by atoms with Crippen molar-refractivity contribution in [1.29, 1.82) is 0 Å². The number of aromatic amines is 1. The number of nitrogens with one attached hydrogen (secondary N) is 1. The molecule has 2 aromatic rings. The van der Waals surface area contributed by atoms with Crippen LogP contribution in [0.4, 0.5) is 0 Å². The average molecular weight is 247 g/mol. The van der Waals surface area contributed by atoms with Crippen LogP contribution in [-0.4, -0.2) is 27.5 Å². The van der Waals surface area contributed by atoms with Gasteiger partial charge in [-0.05, 0) is 11.4 Å². The third-order valence-electron chi connectivity index (χ3n) is 3.13. The molecule has 0 saturated heterocycles. The Morgan fingerprint density at radius 1 is 1.59 bits per heavy atom. The number of H-pyrrole nitrogens is 1. The van der Waals surface area contributed by atoms with E-state index in [-0.39, 0.29) is 5.91 Å². The standard InChI is InChI=1S/C12H13N3OS/c1-8(16)15-5-4-10-9(7-15)12(14-13-10)11-3-2-6-17-11/h2-3,6H,4-5,7H2,1H3,(H,13,14). The molecule has 1 aliphatic heterocycles. The van der Waals surface area contributed by atoms with Gasteiger partial charge in [-0.3, -0.25) is 9.89 Å². The van der Waals surface area contributed by atoms with Crippen LogP contribution in [0.2, 0.25) is 0 Å². The molecule has 0 bridgehead atoms. The van der Waals surface area contributed by atoms with Gasteiger partial charge in [-0.25, -0.2) is 0 Å². The fourth-order valence-electron chi connectivity index (χ4n) is 2.18. The van der Waals surface area contributed by atoms with Gasteiger partial charge in [0.15, 0.2) is 0 Å². The third kappa shape index (κ3) is 1.76. The molecule has 5 heteroatoms. The van der Waals surface area contributed by atoms with E-state index in [9.17, 15) is 4.79 Å². The van der Waals surface area contributed by atoms with E-state index in [1.165, 1.54) is 11.3 Å². The second kappa shape index (κ2) is 4.00. The maximum absolute atomic E-state index is 11.4. The molecule has 4 nitrogen and oxygen atoms in total. The zero-order chi connectivity index (χ0) is 11.8. The second-order valence-corrected chi connectivity index (χ2v) is 5.14. The van der Waals surface area contributed by atoms with Crippen molar-refractivity contribution in [2.45, 2.75) is 19.9 Å². The molecule has 0 fully saturated rings. The summed E-state index contributed by atoms with van der Waals surface area (Å²) in [6.07, 6.45) is 0.868. The molecule has 2 aromatic heterocycles. The molecule has 0 aromatic carbocycles. The first kappa shape index (κ1) is 10.5. The van der Waals surface area contributed by atoms with Crippen LogP contribution in [0.3, 0.4) is 0 Å². The molecule has 0 spiro atoms. The summed E-state index contributed by atoms with van der Waals surface area (Å²) < 4.78 is 0. The lowest BCUT2D eigenvalue weighted by Crippen LogP contribution is -2.34. The van der Waals surface area contributed by atoms with Gasteiger partial charge in [0.2, 0.25) is 5.91 Å². The lowest BCUT2D eigenvalue weighted by atomic mass is 10.0. The molecule has 1 aliphatic rings. The highest BCUT2D eigenvalue weighted by Gasteiger charge is 2.24. The van der Waals surface area contributed by atoms with Gasteiger partial charge in [-0.15, -0.1) is 11.3 Å². The number of hydrogen-bond donors (Lipinski definition) is 1. The highest BCUT2D eigenvalue weighted by molar-refractivity contribution is 7.13. The van der Waals surface area contributed by atoms with Gasteiger partial charge in [-0.1, -0.05) is 6.07 Å². The van der Waals surface area contributed by atoms with E-state index in [2.05, 4.69) is 16.3 Å². The number of rotatable bonds is 1. The van der Waals surface area contributed by atoms with Crippen molar-refractivity contribution in [1.82, 2.24) is 15.1 Å². The van der Waals surface area contributed by atoms with Gasteiger partial charge in [-0.2, -0.15) is 5.10 Å². The maximum Gasteiger partial charge on any atom is 0.219 e. The molecule has 1 N–H and O–H groups in total. The predicted octanol–water partition coefficient (Wildman–Crippen LogP) is 2.04. The van der Waals surface area contributed by atoms with Gasteiger partial charge in [0.25, 0.3) is 0 Å². The molecule has 1 amide bonds. The Hall–Kier alpha value is -1.62. The van der Waals surface area contributed by atoms with E-state index < -0.39 is 0 Å².